The van der Waals surface area contributed by atoms with Crippen molar-refractivity contribution in [1.82, 2.24) is 0 Å². The van der Waals surface area contributed by atoms with Crippen LogP contribution < -0.4 is 0 Å². The van der Waals surface area contributed by atoms with Gasteiger partial charge in [0.25, 0.3) is 0 Å². The van der Waals surface area contributed by atoms with E-state index in [2.05, 4.69) is 27.4 Å². The van der Waals surface area contributed by atoms with Crippen molar-refractivity contribution in [3.63, 3.8) is 0 Å². The number of aliphatic carboxylic acids is 1. The monoisotopic (exact) mass is 216 g/mol. The second-order valence-corrected chi connectivity index (χ2v) is 4.84. The molecule has 0 spiro atoms. The van der Waals surface area contributed by atoms with Crippen molar-refractivity contribution in [1.29, 1.82) is 0 Å². The fraction of sp³-hybridized carbons (Fsp3) is 0.750. The summed E-state index contributed by atoms with van der Waals surface area (Å²) >= 11 is 0. The zero-order valence-corrected chi connectivity index (χ0v) is 10.3. The number of carboxylic acids is 1. The van der Waals surface area contributed by atoms with Crippen LogP contribution in [0.5, 0.6) is 0 Å². The molecule has 0 saturated carbocycles. The van der Waals surface area contributed by atoms with E-state index in [1.807, 2.05) is 6.92 Å². The molecule has 0 aromatic rings. The lowest BCUT2D eigenvalue weighted by atomic mass is 9.89. The fourth-order valence-electron chi connectivity index (χ4n) is 0.928. The number of carboxylic acid groups (broad SMARTS) is 1. The molecule has 3 heteroatoms. The molecule has 0 aromatic heterocycles. The van der Waals surface area contributed by atoms with Gasteiger partial charge in [-0.25, -0.2) is 4.79 Å². The zero-order chi connectivity index (χ0) is 12.5. The number of hydrogen-bond acceptors (Lipinski definition) is 2. The summed E-state index contributed by atoms with van der Waals surface area (Å²) in [5.74, 6) is -0.981. The molecule has 0 saturated heterocycles. The van der Waals surface area contributed by atoms with E-state index < -0.39 is 5.97 Å². The highest BCUT2D eigenvalue weighted by Crippen LogP contribution is 2.21. The van der Waals surface area contributed by atoms with E-state index in [9.17, 15) is 4.79 Å². The lowest BCUT2D eigenvalue weighted by molar-refractivity contribution is -0.131. The van der Waals surface area contributed by atoms with Crippen LogP contribution in [0.15, 0.2) is 12.7 Å². The van der Waals surface area contributed by atoms with Crippen LogP contribution in [-0.4, -0.2) is 22.3 Å². The Bertz CT molecular complexity index is 178. The van der Waals surface area contributed by atoms with Crippen molar-refractivity contribution in [2.24, 2.45) is 5.41 Å². The van der Waals surface area contributed by atoms with Crippen LogP contribution in [0.2, 0.25) is 0 Å². The second-order valence-electron chi connectivity index (χ2n) is 4.84. The van der Waals surface area contributed by atoms with Gasteiger partial charge in [-0.1, -0.05) is 33.8 Å². The van der Waals surface area contributed by atoms with Gasteiger partial charge in [-0.15, -0.1) is 0 Å². The Hall–Kier alpha value is -0.830. The fourth-order valence-corrected chi connectivity index (χ4v) is 0.928. The highest BCUT2D eigenvalue weighted by atomic mass is 16.4. The molecular formula is C12H24O3. The van der Waals surface area contributed by atoms with Crippen molar-refractivity contribution in [3.05, 3.63) is 12.7 Å². The maximum absolute atomic E-state index is 9.25. The molecule has 0 aliphatic rings. The highest BCUT2D eigenvalue weighted by Gasteiger charge is 2.09. The summed E-state index contributed by atoms with van der Waals surface area (Å²) in [6.45, 7) is 11.5. The predicted octanol–water partition coefficient (Wildman–Crippen LogP) is 2.84. The molecule has 1 unspecified atom stereocenters. The Morgan fingerprint density at radius 1 is 1.47 bits per heavy atom. The van der Waals surface area contributed by atoms with Crippen molar-refractivity contribution < 1.29 is 15.0 Å². The molecule has 0 radical (unpaired) electrons. The third-order valence-electron chi connectivity index (χ3n) is 1.72. The Balaban J connectivity index is 0. The molecule has 0 fully saturated rings. The van der Waals surface area contributed by atoms with E-state index in [1.54, 1.807) is 0 Å². The Labute approximate surface area is 92.8 Å². The van der Waals surface area contributed by atoms with E-state index in [-0.39, 0.29) is 6.10 Å². The van der Waals surface area contributed by atoms with E-state index in [0.717, 1.165) is 18.9 Å². The van der Waals surface area contributed by atoms with Crippen LogP contribution >= 0.6 is 0 Å². The van der Waals surface area contributed by atoms with Crippen LogP contribution in [0.25, 0.3) is 0 Å². The molecule has 0 aliphatic heterocycles. The minimum Gasteiger partial charge on any atom is -0.478 e. The van der Waals surface area contributed by atoms with Gasteiger partial charge in [0.05, 0.1) is 6.10 Å². The largest absolute Gasteiger partial charge is 0.478 e. The molecule has 0 aliphatic carbocycles. The number of hydrogen-bond donors (Lipinski definition) is 2. The smallest absolute Gasteiger partial charge is 0.327 e. The van der Waals surface area contributed by atoms with E-state index >= 15 is 0 Å². The molecular weight excluding hydrogens is 192 g/mol. The van der Waals surface area contributed by atoms with Crippen LogP contribution in [0, 0.1) is 5.41 Å². The van der Waals surface area contributed by atoms with Gasteiger partial charge in [-0.05, 0) is 25.2 Å². The molecule has 2 N–H and O–H groups in total. The molecule has 3 nitrogen and oxygen atoms in total. The molecule has 0 bridgehead atoms. The van der Waals surface area contributed by atoms with Gasteiger partial charge >= 0.3 is 5.97 Å². The van der Waals surface area contributed by atoms with E-state index in [4.69, 9.17) is 10.2 Å². The van der Waals surface area contributed by atoms with Crippen molar-refractivity contribution in [2.75, 3.05) is 0 Å². The summed E-state index contributed by atoms with van der Waals surface area (Å²) in [5.41, 5.74) is 0.425. The SMILES string of the molecule is C=CC(=O)O.CC(O)CCCC(C)(C)C. The van der Waals surface area contributed by atoms with Gasteiger partial charge in [-0.2, -0.15) is 0 Å². The lowest BCUT2D eigenvalue weighted by Gasteiger charge is -2.17. The number of aliphatic hydroxyl groups excluding tert-OH is 1. The minimum atomic E-state index is -0.981. The van der Waals surface area contributed by atoms with Gasteiger partial charge in [0.15, 0.2) is 0 Å². The topological polar surface area (TPSA) is 57.5 Å². The van der Waals surface area contributed by atoms with Crippen LogP contribution in [0.1, 0.15) is 47.0 Å². The van der Waals surface area contributed by atoms with E-state index in [1.165, 1.54) is 6.42 Å². The molecule has 0 aromatic carbocycles. The second kappa shape index (κ2) is 8.48. The summed E-state index contributed by atoms with van der Waals surface area (Å²) in [6, 6.07) is 0. The summed E-state index contributed by atoms with van der Waals surface area (Å²) in [4.78, 5) is 9.25. The number of rotatable bonds is 4. The molecule has 0 amide bonds. The first-order chi connectivity index (χ1) is 6.69. The van der Waals surface area contributed by atoms with E-state index in [0.29, 0.717) is 5.41 Å². The average Bonchev–Trinajstić information content (AvgIpc) is 2.02. The van der Waals surface area contributed by atoms with Gasteiger partial charge in [0.1, 0.15) is 0 Å². The van der Waals surface area contributed by atoms with Crippen molar-refractivity contribution >= 4 is 5.97 Å². The Kier molecular flexibility index (Phi) is 9.38. The van der Waals surface area contributed by atoms with Crippen molar-refractivity contribution in [2.45, 2.75) is 53.1 Å². The molecule has 1 atom stereocenters. The third-order valence-corrected chi connectivity index (χ3v) is 1.72. The third kappa shape index (κ3) is 24.6. The van der Waals surface area contributed by atoms with Gasteiger partial charge in [-0.3, -0.25) is 0 Å². The molecule has 0 rings (SSSR count). The summed E-state index contributed by atoms with van der Waals surface area (Å²) in [6.07, 6.45) is 4.00. The first-order valence-corrected chi connectivity index (χ1v) is 5.22. The van der Waals surface area contributed by atoms with Gasteiger partial charge in [0, 0.05) is 6.08 Å². The Morgan fingerprint density at radius 2 is 1.87 bits per heavy atom. The maximum Gasteiger partial charge on any atom is 0.327 e. The average molecular weight is 216 g/mol. The quantitative estimate of drug-likeness (QED) is 0.710. The molecule has 90 valence electrons. The molecule has 0 heterocycles. The maximum atomic E-state index is 9.25. The van der Waals surface area contributed by atoms with Gasteiger partial charge in [0.2, 0.25) is 0 Å². The van der Waals surface area contributed by atoms with Crippen LogP contribution in [-0.2, 0) is 4.79 Å². The number of aliphatic hydroxyl groups is 1. The highest BCUT2D eigenvalue weighted by molar-refractivity contribution is 5.78. The first-order valence-electron chi connectivity index (χ1n) is 5.22. The van der Waals surface area contributed by atoms with Crippen LogP contribution in [0.4, 0.5) is 0 Å². The summed E-state index contributed by atoms with van der Waals surface area (Å²) < 4.78 is 0. The zero-order valence-electron chi connectivity index (χ0n) is 10.3. The van der Waals surface area contributed by atoms with Crippen molar-refractivity contribution in [3.8, 4) is 0 Å². The Morgan fingerprint density at radius 3 is 2.07 bits per heavy atom. The number of carbonyl (C=O) groups is 1. The molecule has 15 heavy (non-hydrogen) atoms. The minimum absolute atomic E-state index is 0.123. The first kappa shape index (κ1) is 16.6. The predicted molar refractivity (Wildman–Crippen MR) is 62.8 cm³/mol. The normalized spacial score (nSPS) is 12.3. The summed E-state index contributed by atoms with van der Waals surface area (Å²) in [5, 5.41) is 16.6. The lowest BCUT2D eigenvalue weighted by Crippen LogP contribution is -2.07. The van der Waals surface area contributed by atoms with Gasteiger partial charge < -0.3 is 10.2 Å². The standard InChI is InChI=1S/C9H20O.C3H4O2/c1-8(10)6-5-7-9(2,3)4;1-2-3(4)5/h8,10H,5-7H2,1-4H3;2H,1H2,(H,4,5). The van der Waals surface area contributed by atoms with Crippen LogP contribution in [0.3, 0.4) is 0 Å². The summed E-state index contributed by atoms with van der Waals surface area (Å²) in [7, 11) is 0.